The van der Waals surface area contributed by atoms with E-state index in [1.165, 1.54) is 0 Å². The quantitative estimate of drug-likeness (QED) is 0.805. The van der Waals surface area contributed by atoms with Gasteiger partial charge in [-0.15, -0.1) is 0 Å². The number of aliphatic hydroxyl groups is 1. The van der Waals surface area contributed by atoms with Crippen LogP contribution >= 0.6 is 0 Å². The minimum Gasteiger partial charge on any atom is -0.497 e. The summed E-state index contributed by atoms with van der Waals surface area (Å²) in [5, 5.41) is 13.4. The number of nitrogens with zero attached hydrogens (tertiary/aromatic N) is 3. The number of hydrogen-bond acceptors (Lipinski definition) is 6. The third-order valence-corrected chi connectivity index (χ3v) is 3.24. The van der Waals surface area contributed by atoms with Crippen LogP contribution in [-0.4, -0.2) is 42.8 Å². The maximum atomic E-state index is 10.2. The van der Waals surface area contributed by atoms with Crippen LogP contribution in [-0.2, 0) is 6.54 Å². The van der Waals surface area contributed by atoms with Crippen molar-refractivity contribution in [3.8, 4) is 5.75 Å². The van der Waals surface area contributed by atoms with Crippen molar-refractivity contribution in [3.05, 3.63) is 47.8 Å². The predicted octanol–water partition coefficient (Wildman–Crippen LogP) is 1.37. The summed E-state index contributed by atoms with van der Waals surface area (Å²) >= 11 is 0. The van der Waals surface area contributed by atoms with Crippen LogP contribution in [0.4, 0.5) is 5.95 Å². The number of anilines is 1. The van der Waals surface area contributed by atoms with Crippen molar-refractivity contribution >= 4 is 5.95 Å². The summed E-state index contributed by atoms with van der Waals surface area (Å²) < 4.78 is 5.10. The number of methoxy groups -OCH3 is 1. The summed E-state index contributed by atoms with van der Waals surface area (Å²) in [5.74, 6) is 1.45. The summed E-state index contributed by atoms with van der Waals surface area (Å²) in [7, 11) is 5.43. The number of rotatable bonds is 7. The van der Waals surface area contributed by atoms with E-state index in [0.29, 0.717) is 19.0 Å². The van der Waals surface area contributed by atoms with Crippen molar-refractivity contribution in [2.45, 2.75) is 12.6 Å². The SMILES string of the molecule is COc1ccc([C@H](O)CNCc2ccnc(N(C)C)n2)cc1. The lowest BCUT2D eigenvalue weighted by Crippen LogP contribution is -2.22. The minimum atomic E-state index is -0.568. The Morgan fingerprint density at radius 3 is 2.59 bits per heavy atom. The average molecular weight is 302 g/mol. The molecule has 0 saturated carbocycles. The standard InChI is InChI=1S/C16H22N4O2/c1-20(2)16-18-9-8-13(19-16)10-17-11-15(21)12-4-6-14(22-3)7-5-12/h4-9,15,17,21H,10-11H2,1-3H3/t15-/m1/s1. The molecule has 0 aliphatic carbocycles. The molecule has 0 fully saturated rings. The normalized spacial score (nSPS) is 12.0. The van der Waals surface area contributed by atoms with Crippen molar-refractivity contribution in [2.75, 3.05) is 32.6 Å². The maximum Gasteiger partial charge on any atom is 0.225 e. The molecule has 1 atom stereocenters. The molecule has 0 amide bonds. The van der Waals surface area contributed by atoms with Gasteiger partial charge < -0.3 is 20.1 Å². The van der Waals surface area contributed by atoms with Crippen LogP contribution in [0, 0.1) is 0 Å². The molecular formula is C16H22N4O2. The van der Waals surface area contributed by atoms with E-state index in [2.05, 4.69) is 15.3 Å². The van der Waals surface area contributed by atoms with Gasteiger partial charge in [0, 0.05) is 33.4 Å². The largest absolute Gasteiger partial charge is 0.497 e. The van der Waals surface area contributed by atoms with Crippen LogP contribution in [0.25, 0.3) is 0 Å². The summed E-state index contributed by atoms with van der Waals surface area (Å²) in [4.78, 5) is 10.4. The summed E-state index contributed by atoms with van der Waals surface area (Å²) in [6.07, 6.45) is 1.17. The second-order valence-electron chi connectivity index (χ2n) is 5.16. The van der Waals surface area contributed by atoms with E-state index in [1.54, 1.807) is 13.3 Å². The first kappa shape index (κ1) is 16.2. The van der Waals surface area contributed by atoms with Gasteiger partial charge in [0.25, 0.3) is 0 Å². The molecule has 1 aromatic heterocycles. The summed E-state index contributed by atoms with van der Waals surface area (Å²) in [6, 6.07) is 9.26. The van der Waals surface area contributed by atoms with Gasteiger partial charge in [0.15, 0.2) is 0 Å². The van der Waals surface area contributed by atoms with E-state index in [1.807, 2.05) is 49.3 Å². The van der Waals surface area contributed by atoms with E-state index in [4.69, 9.17) is 4.74 Å². The average Bonchev–Trinajstić information content (AvgIpc) is 2.55. The number of hydrogen-bond donors (Lipinski definition) is 2. The molecule has 0 radical (unpaired) electrons. The number of nitrogens with one attached hydrogen (secondary N) is 1. The van der Waals surface area contributed by atoms with Crippen molar-refractivity contribution in [3.63, 3.8) is 0 Å². The zero-order valence-electron chi connectivity index (χ0n) is 13.2. The molecule has 0 aliphatic rings. The maximum absolute atomic E-state index is 10.2. The Labute approximate surface area is 130 Å². The second-order valence-corrected chi connectivity index (χ2v) is 5.16. The van der Waals surface area contributed by atoms with E-state index >= 15 is 0 Å². The second kappa shape index (κ2) is 7.72. The van der Waals surface area contributed by atoms with Crippen molar-refractivity contribution in [1.29, 1.82) is 0 Å². The third kappa shape index (κ3) is 4.41. The Morgan fingerprint density at radius 1 is 1.23 bits per heavy atom. The van der Waals surface area contributed by atoms with Gasteiger partial charge in [-0.3, -0.25) is 0 Å². The highest BCUT2D eigenvalue weighted by molar-refractivity contribution is 5.29. The number of benzene rings is 1. The highest BCUT2D eigenvalue weighted by atomic mass is 16.5. The molecule has 0 aliphatic heterocycles. The van der Waals surface area contributed by atoms with Crippen LogP contribution in [0.15, 0.2) is 36.5 Å². The molecular weight excluding hydrogens is 280 g/mol. The lowest BCUT2D eigenvalue weighted by Gasteiger charge is -2.14. The first-order valence-corrected chi connectivity index (χ1v) is 7.12. The van der Waals surface area contributed by atoms with E-state index in [0.717, 1.165) is 17.0 Å². The number of ether oxygens (including phenoxy) is 1. The van der Waals surface area contributed by atoms with E-state index in [9.17, 15) is 5.11 Å². The third-order valence-electron chi connectivity index (χ3n) is 3.24. The first-order valence-electron chi connectivity index (χ1n) is 7.12. The zero-order valence-corrected chi connectivity index (χ0v) is 13.2. The monoisotopic (exact) mass is 302 g/mol. The fourth-order valence-corrected chi connectivity index (χ4v) is 1.98. The molecule has 0 unspecified atom stereocenters. The molecule has 6 nitrogen and oxygen atoms in total. The van der Waals surface area contributed by atoms with E-state index < -0.39 is 6.10 Å². The van der Waals surface area contributed by atoms with Gasteiger partial charge in [0.05, 0.1) is 18.9 Å². The molecule has 22 heavy (non-hydrogen) atoms. The highest BCUT2D eigenvalue weighted by Gasteiger charge is 2.08. The summed E-state index contributed by atoms with van der Waals surface area (Å²) in [5.41, 5.74) is 1.74. The molecule has 2 aromatic rings. The Kier molecular flexibility index (Phi) is 5.68. The molecule has 0 spiro atoms. The van der Waals surface area contributed by atoms with Gasteiger partial charge in [-0.2, -0.15) is 0 Å². The Bertz CT molecular complexity index is 587. The van der Waals surface area contributed by atoms with Crippen molar-refractivity contribution in [2.24, 2.45) is 0 Å². The molecule has 0 bridgehead atoms. The smallest absolute Gasteiger partial charge is 0.225 e. The predicted molar refractivity (Wildman–Crippen MR) is 86.0 cm³/mol. The molecule has 6 heteroatoms. The van der Waals surface area contributed by atoms with Gasteiger partial charge in [-0.25, -0.2) is 9.97 Å². The minimum absolute atomic E-state index is 0.452. The lowest BCUT2D eigenvalue weighted by molar-refractivity contribution is 0.174. The Morgan fingerprint density at radius 2 is 1.95 bits per heavy atom. The number of aromatic nitrogens is 2. The molecule has 1 heterocycles. The molecule has 2 rings (SSSR count). The van der Waals surface area contributed by atoms with Crippen LogP contribution in [0.2, 0.25) is 0 Å². The van der Waals surface area contributed by atoms with Gasteiger partial charge in [-0.05, 0) is 23.8 Å². The van der Waals surface area contributed by atoms with Gasteiger partial charge >= 0.3 is 0 Å². The lowest BCUT2D eigenvalue weighted by atomic mass is 10.1. The van der Waals surface area contributed by atoms with Crippen molar-refractivity contribution in [1.82, 2.24) is 15.3 Å². The Balaban J connectivity index is 1.86. The summed E-state index contributed by atoms with van der Waals surface area (Å²) in [6.45, 7) is 1.03. The van der Waals surface area contributed by atoms with Gasteiger partial charge in [0.1, 0.15) is 5.75 Å². The first-order chi connectivity index (χ1) is 10.6. The van der Waals surface area contributed by atoms with Gasteiger partial charge in [-0.1, -0.05) is 12.1 Å². The van der Waals surface area contributed by atoms with Crippen LogP contribution in [0.1, 0.15) is 17.4 Å². The topological polar surface area (TPSA) is 70.5 Å². The van der Waals surface area contributed by atoms with Gasteiger partial charge in [0.2, 0.25) is 5.95 Å². The molecule has 0 saturated heterocycles. The fourth-order valence-electron chi connectivity index (χ4n) is 1.98. The van der Waals surface area contributed by atoms with Crippen LogP contribution in [0.5, 0.6) is 5.75 Å². The van der Waals surface area contributed by atoms with Crippen LogP contribution in [0.3, 0.4) is 0 Å². The molecule has 2 N–H and O–H groups in total. The highest BCUT2D eigenvalue weighted by Crippen LogP contribution is 2.17. The Hall–Kier alpha value is -2.18. The number of aliphatic hydroxyl groups excluding tert-OH is 1. The zero-order chi connectivity index (χ0) is 15.9. The van der Waals surface area contributed by atoms with E-state index in [-0.39, 0.29) is 0 Å². The molecule has 1 aromatic carbocycles. The van der Waals surface area contributed by atoms with Crippen LogP contribution < -0.4 is 15.0 Å². The fraction of sp³-hybridized carbons (Fsp3) is 0.375. The molecule has 118 valence electrons. The van der Waals surface area contributed by atoms with Crippen molar-refractivity contribution < 1.29 is 9.84 Å².